The van der Waals surface area contributed by atoms with E-state index in [1.165, 1.54) is 6.07 Å². The normalized spacial score (nSPS) is 15.2. The predicted molar refractivity (Wildman–Crippen MR) is 147 cm³/mol. The van der Waals surface area contributed by atoms with Gasteiger partial charge in [0.15, 0.2) is 11.9 Å². The highest BCUT2D eigenvalue weighted by Crippen LogP contribution is 2.26. The van der Waals surface area contributed by atoms with Gasteiger partial charge in [-0.3, -0.25) is 14.5 Å². The van der Waals surface area contributed by atoms with Gasteiger partial charge >= 0.3 is 0 Å². The largest absolute Gasteiger partial charge is 0.333 e. The lowest BCUT2D eigenvalue weighted by atomic mass is 10.00. The molecule has 0 saturated carbocycles. The number of aryl methyl sites for hydroxylation is 1. The topological polar surface area (TPSA) is 96.6 Å². The number of carbonyl (C=O) groups excluding carboxylic acids is 2. The fraction of sp³-hybridized carbons (Fsp3) is 0.379. The van der Waals surface area contributed by atoms with Crippen LogP contribution in [0.15, 0.2) is 48.9 Å². The number of benzene rings is 1. The van der Waals surface area contributed by atoms with Gasteiger partial charge in [0.2, 0.25) is 5.82 Å². The number of halogens is 1. The Morgan fingerprint density at radius 1 is 1.13 bits per heavy atom. The zero-order valence-corrected chi connectivity index (χ0v) is 23.2. The predicted octanol–water partition coefficient (Wildman–Crippen LogP) is 4.42. The molecule has 0 atom stereocenters. The molecule has 1 aliphatic rings. The summed E-state index contributed by atoms with van der Waals surface area (Å²) in [6.07, 6.45) is 5.51. The minimum Gasteiger partial charge on any atom is -0.333 e. The Kier molecular flexibility index (Phi) is 8.15. The molecule has 4 heterocycles. The minimum atomic E-state index is -0.236. The fourth-order valence-electron chi connectivity index (χ4n) is 4.41. The van der Waals surface area contributed by atoms with E-state index in [1.54, 1.807) is 48.2 Å². The standard InChI is InChI=1S/C17H16FN3O.C12H18N4O/c1-10(2)14-7-16(12-4-5-15(18)11(3)6-12)20-21-8-13(9-22)19-17(14)21;1-12(2)9-16(8-7-15(12)3)11(17)10-13-5-4-6-14-10/h4-10H,1-3H3;4-6H,7-9H2,1-3H3. The van der Waals surface area contributed by atoms with Crippen LogP contribution in [0.4, 0.5) is 4.39 Å². The maximum Gasteiger partial charge on any atom is 0.291 e. The second kappa shape index (κ2) is 11.4. The van der Waals surface area contributed by atoms with Crippen LogP contribution in [0.2, 0.25) is 0 Å². The molecule has 0 bridgehead atoms. The van der Waals surface area contributed by atoms with Crippen molar-refractivity contribution in [1.82, 2.24) is 34.4 Å². The molecule has 10 heteroatoms. The molecule has 5 rings (SSSR count). The summed E-state index contributed by atoms with van der Waals surface area (Å²) < 4.78 is 15.1. The molecular formula is C29H34FN7O2. The molecule has 3 aromatic heterocycles. The maximum absolute atomic E-state index is 13.4. The van der Waals surface area contributed by atoms with E-state index in [0.717, 1.165) is 29.9 Å². The average Bonchev–Trinajstić information content (AvgIpc) is 3.35. The summed E-state index contributed by atoms with van der Waals surface area (Å²) in [6, 6.07) is 8.58. The zero-order valence-electron chi connectivity index (χ0n) is 23.2. The lowest BCUT2D eigenvalue weighted by molar-refractivity contribution is 0.0302. The van der Waals surface area contributed by atoms with Gasteiger partial charge in [0.25, 0.3) is 5.91 Å². The monoisotopic (exact) mass is 531 g/mol. The van der Waals surface area contributed by atoms with Crippen molar-refractivity contribution in [1.29, 1.82) is 0 Å². The third kappa shape index (κ3) is 6.17. The molecule has 1 aliphatic heterocycles. The van der Waals surface area contributed by atoms with Crippen LogP contribution in [0, 0.1) is 12.7 Å². The third-order valence-corrected chi connectivity index (χ3v) is 7.03. The van der Waals surface area contributed by atoms with Crippen LogP contribution in [-0.4, -0.2) is 78.8 Å². The molecule has 1 saturated heterocycles. The number of fused-ring (bicyclic) bond motifs is 1. The van der Waals surface area contributed by atoms with Gasteiger partial charge in [-0.1, -0.05) is 13.8 Å². The highest BCUT2D eigenvalue weighted by Gasteiger charge is 2.34. The number of likely N-dealkylation sites (N-methyl/N-ethyl adjacent to an activating group) is 1. The van der Waals surface area contributed by atoms with Crippen LogP contribution < -0.4 is 0 Å². The molecule has 0 aliphatic carbocycles. The maximum atomic E-state index is 13.4. The number of amides is 1. The number of rotatable bonds is 4. The minimum absolute atomic E-state index is 0.00267. The molecule has 9 nitrogen and oxygen atoms in total. The molecule has 0 N–H and O–H groups in total. The van der Waals surface area contributed by atoms with Crippen LogP contribution in [0.1, 0.15) is 65.8 Å². The van der Waals surface area contributed by atoms with E-state index in [-0.39, 0.29) is 29.0 Å². The van der Waals surface area contributed by atoms with Gasteiger partial charge in [-0.15, -0.1) is 0 Å². The summed E-state index contributed by atoms with van der Waals surface area (Å²) in [6.45, 7) is 12.4. The highest BCUT2D eigenvalue weighted by atomic mass is 19.1. The van der Waals surface area contributed by atoms with E-state index < -0.39 is 0 Å². The Labute approximate surface area is 227 Å². The summed E-state index contributed by atoms with van der Waals surface area (Å²) >= 11 is 0. The van der Waals surface area contributed by atoms with E-state index in [0.29, 0.717) is 29.7 Å². The molecule has 0 spiro atoms. The molecule has 1 amide bonds. The molecule has 204 valence electrons. The summed E-state index contributed by atoms with van der Waals surface area (Å²) in [5.74, 6) is 0.201. The van der Waals surface area contributed by atoms with Crippen molar-refractivity contribution in [2.75, 3.05) is 26.7 Å². The van der Waals surface area contributed by atoms with Gasteiger partial charge in [-0.2, -0.15) is 5.10 Å². The summed E-state index contributed by atoms with van der Waals surface area (Å²) in [4.78, 5) is 39.5. The Hall–Kier alpha value is -4.05. The van der Waals surface area contributed by atoms with E-state index in [2.05, 4.69) is 59.7 Å². The number of nitrogens with zero attached hydrogens (tertiary/aromatic N) is 7. The van der Waals surface area contributed by atoms with Crippen molar-refractivity contribution in [3.05, 3.63) is 77.4 Å². The smallest absolute Gasteiger partial charge is 0.291 e. The molecular weight excluding hydrogens is 497 g/mol. The van der Waals surface area contributed by atoms with Gasteiger partial charge < -0.3 is 4.90 Å². The van der Waals surface area contributed by atoms with Crippen LogP contribution >= 0.6 is 0 Å². The summed E-state index contributed by atoms with van der Waals surface area (Å²) in [5, 5.41) is 4.50. The van der Waals surface area contributed by atoms with Crippen LogP contribution in [0.25, 0.3) is 16.9 Å². The second-order valence-corrected chi connectivity index (χ2v) is 10.7. The van der Waals surface area contributed by atoms with Crippen LogP contribution in [0.5, 0.6) is 0 Å². The zero-order chi connectivity index (χ0) is 28.3. The Bertz CT molecular complexity index is 1480. The average molecular weight is 532 g/mol. The summed E-state index contributed by atoms with van der Waals surface area (Å²) in [5.41, 5.74) is 4.17. The Morgan fingerprint density at radius 3 is 2.46 bits per heavy atom. The first kappa shape index (κ1) is 28.0. The van der Waals surface area contributed by atoms with Gasteiger partial charge in [0.05, 0.1) is 11.9 Å². The number of hydrogen-bond acceptors (Lipinski definition) is 7. The Morgan fingerprint density at radius 2 is 1.85 bits per heavy atom. The van der Waals surface area contributed by atoms with Crippen molar-refractivity contribution < 1.29 is 14.0 Å². The number of aromatic nitrogens is 5. The fourth-order valence-corrected chi connectivity index (χ4v) is 4.41. The summed E-state index contributed by atoms with van der Waals surface area (Å²) in [7, 11) is 2.08. The number of imidazole rings is 1. The lowest BCUT2D eigenvalue weighted by Crippen LogP contribution is -2.59. The molecule has 39 heavy (non-hydrogen) atoms. The van der Waals surface area contributed by atoms with E-state index in [9.17, 15) is 14.0 Å². The van der Waals surface area contributed by atoms with Crippen molar-refractivity contribution in [2.45, 2.75) is 46.1 Å². The number of piperazine rings is 1. The van der Waals surface area contributed by atoms with Crippen molar-refractivity contribution in [3.8, 4) is 11.3 Å². The van der Waals surface area contributed by atoms with Crippen molar-refractivity contribution in [2.24, 2.45) is 0 Å². The first-order valence-electron chi connectivity index (χ1n) is 12.9. The van der Waals surface area contributed by atoms with E-state index in [1.807, 2.05) is 11.0 Å². The van der Waals surface area contributed by atoms with Crippen LogP contribution in [-0.2, 0) is 0 Å². The Balaban J connectivity index is 0.000000187. The van der Waals surface area contributed by atoms with Gasteiger partial charge in [-0.05, 0) is 69.6 Å². The third-order valence-electron chi connectivity index (χ3n) is 7.03. The van der Waals surface area contributed by atoms with E-state index >= 15 is 0 Å². The molecule has 0 radical (unpaired) electrons. The van der Waals surface area contributed by atoms with Gasteiger partial charge in [0.1, 0.15) is 11.5 Å². The molecule has 4 aromatic rings. The second-order valence-electron chi connectivity index (χ2n) is 10.7. The molecule has 0 unspecified atom stereocenters. The number of carbonyl (C=O) groups is 2. The lowest BCUT2D eigenvalue weighted by Gasteiger charge is -2.45. The first-order chi connectivity index (χ1) is 18.5. The van der Waals surface area contributed by atoms with E-state index in [4.69, 9.17) is 0 Å². The van der Waals surface area contributed by atoms with Crippen LogP contribution in [0.3, 0.4) is 0 Å². The van der Waals surface area contributed by atoms with Crippen molar-refractivity contribution >= 4 is 17.8 Å². The molecule has 1 fully saturated rings. The SMILES string of the molecule is CN1CCN(C(=O)c2ncccn2)CC1(C)C.Cc1cc(-c2cc(C(C)C)c3nc(C=O)cn3n2)ccc1F. The highest BCUT2D eigenvalue weighted by molar-refractivity contribution is 5.90. The van der Waals surface area contributed by atoms with Crippen molar-refractivity contribution in [3.63, 3.8) is 0 Å². The molecule has 1 aromatic carbocycles. The first-order valence-corrected chi connectivity index (χ1v) is 12.9. The number of aldehydes is 1. The number of hydrogen-bond donors (Lipinski definition) is 0. The van der Waals surface area contributed by atoms with Gasteiger partial charge in [0, 0.05) is 48.7 Å². The van der Waals surface area contributed by atoms with Gasteiger partial charge in [-0.25, -0.2) is 23.9 Å². The quantitative estimate of drug-likeness (QED) is 0.360.